The van der Waals surface area contributed by atoms with E-state index in [1.54, 1.807) is 11.3 Å². The van der Waals surface area contributed by atoms with Gasteiger partial charge in [-0.05, 0) is 15.9 Å². The van der Waals surface area contributed by atoms with Crippen LogP contribution in [0.3, 0.4) is 0 Å². The van der Waals surface area contributed by atoms with Gasteiger partial charge in [0.15, 0.2) is 4.96 Å². The summed E-state index contributed by atoms with van der Waals surface area (Å²) in [4.78, 5) is 5.25. The smallest absolute Gasteiger partial charge is 0.194 e. The van der Waals surface area contributed by atoms with Gasteiger partial charge in [0.25, 0.3) is 0 Å². The molecule has 2 aromatic heterocycles. The number of thiazole rings is 1. The van der Waals surface area contributed by atoms with Crippen molar-refractivity contribution in [3.63, 3.8) is 0 Å². The first-order valence-corrected chi connectivity index (χ1v) is 5.13. The highest BCUT2D eigenvalue weighted by Gasteiger charge is 2.02. The summed E-state index contributed by atoms with van der Waals surface area (Å²) in [7, 11) is 0. The van der Waals surface area contributed by atoms with E-state index in [-0.39, 0.29) is 0 Å². The Hall–Kier alpha value is -0.0600. The summed E-state index contributed by atoms with van der Waals surface area (Å²) < 4.78 is 3.05. The highest BCUT2D eigenvalue weighted by Crippen LogP contribution is 2.22. The number of hydrogen-bond acceptors (Lipinski definition) is 2. The highest BCUT2D eigenvalue weighted by molar-refractivity contribution is 9.11. The quantitative estimate of drug-likeness (QED) is 0.713. The van der Waals surface area contributed by atoms with Gasteiger partial charge in [-0.15, -0.1) is 11.6 Å². The molecule has 0 unspecified atom stereocenters. The van der Waals surface area contributed by atoms with Crippen LogP contribution in [0.5, 0.6) is 0 Å². The molecule has 0 aromatic carbocycles. The van der Waals surface area contributed by atoms with Crippen molar-refractivity contribution in [3.05, 3.63) is 21.9 Å². The fraction of sp³-hybridized carbons (Fsp3) is 0.167. The highest BCUT2D eigenvalue weighted by atomic mass is 79.9. The lowest BCUT2D eigenvalue weighted by molar-refractivity contribution is 1.21. The number of imidazole rings is 1. The molecule has 58 valence electrons. The molecule has 0 saturated heterocycles. The minimum atomic E-state index is 0.478. The molecule has 0 radical (unpaired) electrons. The van der Waals surface area contributed by atoms with Crippen LogP contribution in [0.15, 0.2) is 16.2 Å². The van der Waals surface area contributed by atoms with Crippen LogP contribution in [0.1, 0.15) is 5.69 Å². The molecular weight excluding hydrogens is 248 g/mol. The fourth-order valence-corrected chi connectivity index (χ4v) is 2.38. The molecule has 0 amide bonds. The lowest BCUT2D eigenvalue weighted by atomic mass is 10.6. The molecule has 2 aromatic rings. The van der Waals surface area contributed by atoms with E-state index in [9.17, 15) is 0 Å². The molecule has 0 fully saturated rings. The fourth-order valence-electron chi connectivity index (χ4n) is 0.881. The van der Waals surface area contributed by atoms with Crippen molar-refractivity contribution in [1.82, 2.24) is 9.38 Å². The molecule has 0 N–H and O–H groups in total. The van der Waals surface area contributed by atoms with Crippen molar-refractivity contribution in [3.8, 4) is 0 Å². The van der Waals surface area contributed by atoms with Crippen LogP contribution in [0.4, 0.5) is 0 Å². The molecule has 11 heavy (non-hydrogen) atoms. The van der Waals surface area contributed by atoms with Crippen molar-refractivity contribution < 1.29 is 0 Å². The predicted octanol–water partition coefficient (Wildman–Crippen LogP) is 2.90. The third-order valence-corrected chi connectivity index (χ3v) is 3.06. The molecule has 0 aliphatic rings. The van der Waals surface area contributed by atoms with E-state index in [2.05, 4.69) is 20.9 Å². The Labute approximate surface area is 80.9 Å². The van der Waals surface area contributed by atoms with Gasteiger partial charge >= 0.3 is 0 Å². The molecular formula is C6H4BrClN2S. The summed E-state index contributed by atoms with van der Waals surface area (Å²) in [5.41, 5.74) is 0.922. The van der Waals surface area contributed by atoms with Gasteiger partial charge in [-0.3, -0.25) is 4.40 Å². The van der Waals surface area contributed by atoms with Crippen LogP contribution >= 0.6 is 38.9 Å². The maximum atomic E-state index is 5.61. The lowest BCUT2D eigenvalue weighted by Crippen LogP contribution is -1.72. The Morgan fingerprint density at radius 3 is 3.09 bits per heavy atom. The third kappa shape index (κ3) is 1.30. The first-order valence-electron chi connectivity index (χ1n) is 2.98. The van der Waals surface area contributed by atoms with Crippen LogP contribution in [0, 0.1) is 0 Å². The minimum absolute atomic E-state index is 0.478. The maximum absolute atomic E-state index is 5.61. The van der Waals surface area contributed by atoms with E-state index in [1.807, 2.05) is 16.8 Å². The monoisotopic (exact) mass is 250 g/mol. The van der Waals surface area contributed by atoms with Crippen LogP contribution in [0.25, 0.3) is 4.96 Å². The Kier molecular flexibility index (Phi) is 1.91. The summed E-state index contributed by atoms with van der Waals surface area (Å²) in [6, 6.07) is 0. The first-order chi connectivity index (χ1) is 5.29. The number of alkyl halides is 1. The first kappa shape index (κ1) is 7.58. The van der Waals surface area contributed by atoms with Crippen molar-refractivity contribution in [2.24, 2.45) is 0 Å². The second-order valence-corrected chi connectivity index (χ2v) is 4.75. The van der Waals surface area contributed by atoms with Gasteiger partial charge in [0.05, 0.1) is 15.4 Å². The lowest BCUT2D eigenvalue weighted by Gasteiger charge is -1.78. The molecule has 0 aliphatic heterocycles. The van der Waals surface area contributed by atoms with Crippen LogP contribution in [-0.4, -0.2) is 9.38 Å². The van der Waals surface area contributed by atoms with E-state index in [0.717, 1.165) is 14.4 Å². The molecule has 2 nitrogen and oxygen atoms in total. The Bertz CT molecular complexity index is 349. The Morgan fingerprint density at radius 1 is 1.64 bits per heavy atom. The van der Waals surface area contributed by atoms with Gasteiger partial charge < -0.3 is 0 Å². The van der Waals surface area contributed by atoms with Crippen molar-refractivity contribution >= 4 is 43.8 Å². The van der Waals surface area contributed by atoms with Crippen LogP contribution in [-0.2, 0) is 5.88 Å². The number of nitrogens with zero attached hydrogens (tertiary/aromatic N) is 2. The zero-order valence-corrected chi connectivity index (χ0v) is 8.58. The molecule has 0 spiro atoms. The summed E-state index contributed by atoms with van der Waals surface area (Å²) in [6.45, 7) is 0. The molecule has 0 atom stereocenters. The number of hydrogen-bond donors (Lipinski definition) is 0. The van der Waals surface area contributed by atoms with E-state index in [4.69, 9.17) is 11.6 Å². The average molecular weight is 252 g/mol. The van der Waals surface area contributed by atoms with Gasteiger partial charge in [0, 0.05) is 12.4 Å². The summed E-state index contributed by atoms with van der Waals surface area (Å²) in [5.74, 6) is 0.478. The SMILES string of the molecule is ClCc1cn2cc(Br)sc2n1. The zero-order chi connectivity index (χ0) is 7.84. The van der Waals surface area contributed by atoms with Gasteiger partial charge in [-0.25, -0.2) is 4.98 Å². The van der Waals surface area contributed by atoms with Crippen molar-refractivity contribution in [2.45, 2.75) is 5.88 Å². The van der Waals surface area contributed by atoms with Gasteiger partial charge in [-0.2, -0.15) is 0 Å². The van der Waals surface area contributed by atoms with Gasteiger partial charge in [-0.1, -0.05) is 11.3 Å². The minimum Gasteiger partial charge on any atom is -0.296 e. The standard InChI is InChI=1S/C6H4BrClN2S/c7-5-3-10-2-4(1-8)9-6(10)11-5/h2-3H,1H2. The van der Waals surface area contributed by atoms with E-state index >= 15 is 0 Å². The van der Waals surface area contributed by atoms with E-state index < -0.39 is 0 Å². The molecule has 0 aliphatic carbocycles. The number of halogens is 2. The number of fused-ring (bicyclic) bond motifs is 1. The molecule has 5 heteroatoms. The summed E-state index contributed by atoms with van der Waals surface area (Å²) in [5, 5.41) is 0. The molecule has 0 saturated carbocycles. The second kappa shape index (κ2) is 2.77. The predicted molar refractivity (Wildman–Crippen MR) is 50.3 cm³/mol. The number of rotatable bonds is 1. The topological polar surface area (TPSA) is 17.3 Å². The Balaban J connectivity index is 2.64. The molecule has 2 rings (SSSR count). The van der Waals surface area contributed by atoms with Crippen LogP contribution in [0.2, 0.25) is 0 Å². The van der Waals surface area contributed by atoms with Crippen molar-refractivity contribution in [2.75, 3.05) is 0 Å². The summed E-state index contributed by atoms with van der Waals surface area (Å²) >= 11 is 10.6. The van der Waals surface area contributed by atoms with Gasteiger partial charge in [0.2, 0.25) is 0 Å². The molecule has 2 heterocycles. The van der Waals surface area contributed by atoms with E-state index in [0.29, 0.717) is 5.88 Å². The third-order valence-electron chi connectivity index (χ3n) is 1.31. The Morgan fingerprint density at radius 2 is 2.45 bits per heavy atom. The summed E-state index contributed by atoms with van der Waals surface area (Å²) in [6.07, 6.45) is 3.91. The van der Waals surface area contributed by atoms with Crippen LogP contribution < -0.4 is 0 Å². The van der Waals surface area contributed by atoms with Crippen molar-refractivity contribution in [1.29, 1.82) is 0 Å². The largest absolute Gasteiger partial charge is 0.296 e. The van der Waals surface area contributed by atoms with E-state index in [1.165, 1.54) is 0 Å². The number of aromatic nitrogens is 2. The maximum Gasteiger partial charge on any atom is 0.194 e. The normalized spacial score (nSPS) is 11.1. The zero-order valence-electron chi connectivity index (χ0n) is 5.42. The molecule has 0 bridgehead atoms. The van der Waals surface area contributed by atoms with Gasteiger partial charge in [0.1, 0.15) is 0 Å². The second-order valence-electron chi connectivity index (χ2n) is 2.09. The average Bonchev–Trinajstić information content (AvgIpc) is 2.43.